The number of aromatic nitrogens is 1. The number of rotatable bonds is 3. The predicted molar refractivity (Wildman–Crippen MR) is 61.5 cm³/mol. The van der Waals surface area contributed by atoms with Gasteiger partial charge in [-0.1, -0.05) is 0 Å². The van der Waals surface area contributed by atoms with E-state index in [1.165, 1.54) is 0 Å². The molecule has 0 saturated heterocycles. The van der Waals surface area contributed by atoms with E-state index in [1.807, 2.05) is 52.7 Å². The monoisotopic (exact) mass is 217 g/mol. The van der Waals surface area contributed by atoms with Crippen LogP contribution in [0.4, 0.5) is 0 Å². The molecule has 5 heteroatoms. The molecule has 0 amide bonds. The average Bonchev–Trinajstić information content (AvgIpc) is 2.54. The third kappa shape index (κ3) is 1.86. The van der Waals surface area contributed by atoms with Gasteiger partial charge in [0.05, 0.1) is 0 Å². The standard InChI is InChI=1S/C8H16N3PS/c1-9(2)12(13,10(3)4)11-7-5-6-8-11/h5-8H,1-4H3. The minimum absolute atomic E-state index is 1.75. The van der Waals surface area contributed by atoms with Crippen molar-refractivity contribution in [1.82, 2.24) is 13.7 Å². The van der Waals surface area contributed by atoms with E-state index in [0.29, 0.717) is 0 Å². The molecule has 1 aromatic rings. The Morgan fingerprint density at radius 3 is 1.69 bits per heavy atom. The maximum atomic E-state index is 5.70. The van der Waals surface area contributed by atoms with Crippen molar-refractivity contribution in [3.05, 3.63) is 24.5 Å². The highest BCUT2D eigenvalue weighted by Crippen LogP contribution is 2.50. The lowest BCUT2D eigenvalue weighted by molar-refractivity contribution is 0.559. The van der Waals surface area contributed by atoms with Crippen molar-refractivity contribution in [3.8, 4) is 0 Å². The van der Waals surface area contributed by atoms with Crippen molar-refractivity contribution < 1.29 is 0 Å². The fourth-order valence-electron chi connectivity index (χ4n) is 1.27. The van der Waals surface area contributed by atoms with Gasteiger partial charge < -0.3 is 4.34 Å². The van der Waals surface area contributed by atoms with Gasteiger partial charge >= 0.3 is 0 Å². The normalized spacial score (nSPS) is 12.8. The third-order valence-electron chi connectivity index (χ3n) is 1.93. The molecule has 0 saturated carbocycles. The molecule has 1 heterocycles. The first-order chi connectivity index (χ1) is 5.99. The van der Waals surface area contributed by atoms with Crippen molar-refractivity contribution in [3.63, 3.8) is 0 Å². The Hall–Kier alpha value is -0.150. The second kappa shape index (κ2) is 3.93. The van der Waals surface area contributed by atoms with Gasteiger partial charge in [0.25, 0.3) is 0 Å². The molecule has 0 spiro atoms. The van der Waals surface area contributed by atoms with Crippen LogP contribution in [-0.4, -0.2) is 41.9 Å². The fraction of sp³-hybridized carbons (Fsp3) is 0.500. The molecular weight excluding hydrogens is 201 g/mol. The van der Waals surface area contributed by atoms with Gasteiger partial charge in [0.1, 0.15) is 0 Å². The highest BCUT2D eigenvalue weighted by Gasteiger charge is 2.23. The molecule has 0 radical (unpaired) electrons. The Bertz CT molecular complexity index is 293. The Kier molecular flexibility index (Phi) is 3.30. The van der Waals surface area contributed by atoms with Gasteiger partial charge in [0.2, 0.25) is 0 Å². The molecule has 0 aliphatic rings. The Labute approximate surface area is 85.1 Å². The summed E-state index contributed by atoms with van der Waals surface area (Å²) in [6.07, 6.45) is 4.06. The van der Waals surface area contributed by atoms with E-state index in [2.05, 4.69) is 13.7 Å². The third-order valence-corrected chi connectivity index (χ3v) is 7.41. The van der Waals surface area contributed by atoms with Crippen LogP contribution in [0, 0.1) is 0 Å². The van der Waals surface area contributed by atoms with Gasteiger partial charge in [-0.15, -0.1) is 0 Å². The first-order valence-corrected chi connectivity index (χ1v) is 6.75. The number of hydrogen-bond donors (Lipinski definition) is 0. The summed E-state index contributed by atoms with van der Waals surface area (Å²) in [6.45, 7) is -1.75. The lowest BCUT2D eigenvalue weighted by Crippen LogP contribution is -2.24. The van der Waals surface area contributed by atoms with Gasteiger partial charge in [-0.2, -0.15) is 0 Å². The molecule has 0 fully saturated rings. The summed E-state index contributed by atoms with van der Waals surface area (Å²) in [6, 6.07) is 4.02. The highest BCUT2D eigenvalue weighted by atomic mass is 32.4. The average molecular weight is 217 g/mol. The van der Waals surface area contributed by atoms with Gasteiger partial charge in [-0.3, -0.25) is 9.34 Å². The SMILES string of the molecule is CN(C)P(=S)(N(C)C)n1cccc1. The van der Waals surface area contributed by atoms with E-state index in [4.69, 9.17) is 11.8 Å². The summed E-state index contributed by atoms with van der Waals surface area (Å²) in [5.41, 5.74) is 0. The first kappa shape index (κ1) is 10.9. The van der Waals surface area contributed by atoms with E-state index >= 15 is 0 Å². The molecule has 0 aliphatic heterocycles. The lowest BCUT2D eigenvalue weighted by atomic mass is 10.7. The molecule has 1 rings (SSSR count). The molecular formula is C8H16N3PS. The second-order valence-electron chi connectivity index (χ2n) is 3.27. The van der Waals surface area contributed by atoms with E-state index in [-0.39, 0.29) is 0 Å². The zero-order valence-electron chi connectivity index (χ0n) is 8.51. The topological polar surface area (TPSA) is 11.4 Å². The van der Waals surface area contributed by atoms with Crippen molar-refractivity contribution in [2.24, 2.45) is 0 Å². The molecule has 1 aromatic heterocycles. The van der Waals surface area contributed by atoms with Gasteiger partial charge in [0.15, 0.2) is 6.49 Å². The van der Waals surface area contributed by atoms with Crippen LogP contribution < -0.4 is 0 Å². The zero-order chi connectivity index (χ0) is 10.1. The van der Waals surface area contributed by atoms with E-state index < -0.39 is 6.49 Å². The maximum Gasteiger partial charge on any atom is 0.172 e. The van der Waals surface area contributed by atoms with Crippen LogP contribution in [0.1, 0.15) is 0 Å². The highest BCUT2D eigenvalue weighted by molar-refractivity contribution is 8.11. The van der Waals surface area contributed by atoms with Crippen LogP contribution >= 0.6 is 6.49 Å². The van der Waals surface area contributed by atoms with Crippen molar-refractivity contribution in [1.29, 1.82) is 0 Å². The molecule has 74 valence electrons. The Morgan fingerprint density at radius 1 is 1.00 bits per heavy atom. The smallest absolute Gasteiger partial charge is 0.172 e. The summed E-state index contributed by atoms with van der Waals surface area (Å²) in [4.78, 5) is 0. The summed E-state index contributed by atoms with van der Waals surface area (Å²) < 4.78 is 6.34. The van der Waals surface area contributed by atoms with Crippen LogP contribution in [0.3, 0.4) is 0 Å². The Balaban J connectivity index is 3.14. The second-order valence-corrected chi connectivity index (χ2v) is 7.83. The summed E-state index contributed by atoms with van der Waals surface area (Å²) in [5, 5.41) is 0. The van der Waals surface area contributed by atoms with Crippen molar-refractivity contribution in [2.45, 2.75) is 0 Å². The Morgan fingerprint density at radius 2 is 1.38 bits per heavy atom. The molecule has 0 unspecified atom stereocenters. The molecule has 13 heavy (non-hydrogen) atoms. The van der Waals surface area contributed by atoms with Crippen molar-refractivity contribution in [2.75, 3.05) is 28.2 Å². The molecule has 0 N–H and O–H groups in total. The first-order valence-electron chi connectivity index (χ1n) is 4.09. The zero-order valence-corrected chi connectivity index (χ0v) is 10.2. The van der Waals surface area contributed by atoms with Crippen LogP contribution in [-0.2, 0) is 11.8 Å². The minimum atomic E-state index is -1.75. The molecule has 0 atom stereocenters. The lowest BCUT2D eigenvalue weighted by Gasteiger charge is -2.35. The van der Waals surface area contributed by atoms with E-state index in [9.17, 15) is 0 Å². The molecule has 0 bridgehead atoms. The summed E-state index contributed by atoms with van der Waals surface area (Å²) >= 11 is 5.70. The molecule has 0 aromatic carbocycles. The number of hydrogen-bond acceptors (Lipinski definition) is 1. The molecule has 3 nitrogen and oxygen atoms in total. The van der Waals surface area contributed by atoms with Crippen LogP contribution in [0.25, 0.3) is 0 Å². The van der Waals surface area contributed by atoms with Gasteiger partial charge in [-0.25, -0.2) is 0 Å². The maximum absolute atomic E-state index is 5.70. The minimum Gasteiger partial charge on any atom is -0.303 e. The largest absolute Gasteiger partial charge is 0.303 e. The van der Waals surface area contributed by atoms with E-state index in [1.54, 1.807) is 0 Å². The van der Waals surface area contributed by atoms with Crippen molar-refractivity contribution >= 4 is 18.3 Å². The molecule has 0 aliphatic carbocycles. The van der Waals surface area contributed by atoms with Crippen LogP contribution in [0.15, 0.2) is 24.5 Å². The predicted octanol–water partition coefficient (Wildman–Crippen LogP) is 1.68. The summed E-state index contributed by atoms with van der Waals surface area (Å²) in [5.74, 6) is 0. The van der Waals surface area contributed by atoms with Crippen LogP contribution in [0.5, 0.6) is 0 Å². The van der Waals surface area contributed by atoms with Gasteiger partial charge in [0, 0.05) is 12.4 Å². The number of nitrogens with zero attached hydrogens (tertiary/aromatic N) is 3. The summed E-state index contributed by atoms with van der Waals surface area (Å²) in [7, 11) is 8.11. The van der Waals surface area contributed by atoms with Gasteiger partial charge in [-0.05, 0) is 52.1 Å². The quantitative estimate of drug-likeness (QED) is 0.714. The van der Waals surface area contributed by atoms with E-state index in [0.717, 1.165) is 0 Å². The fourth-order valence-corrected chi connectivity index (χ4v) is 3.64. The van der Waals surface area contributed by atoms with Crippen LogP contribution in [0.2, 0.25) is 0 Å².